The molecule has 5 heteroatoms. The minimum absolute atomic E-state index is 0.530. The standard InChI is InChI=1S/C30H35ClN2O2/c1-3-5-19-33-29-21-27(34-20-6-4-2)16-17-28(29)32-30(33)18-11-23-9-14-26(15-10-23)35-22-24-7-12-25(31)13-8-24/h7-10,12-17,21H,3-6,11,18-20,22H2,1-2H3. The van der Waals surface area contributed by atoms with Gasteiger partial charge in [-0.25, -0.2) is 4.98 Å². The van der Waals surface area contributed by atoms with E-state index in [1.807, 2.05) is 42.5 Å². The summed E-state index contributed by atoms with van der Waals surface area (Å²) in [6, 6.07) is 22.4. The molecule has 0 saturated heterocycles. The van der Waals surface area contributed by atoms with E-state index < -0.39 is 0 Å². The van der Waals surface area contributed by atoms with Gasteiger partial charge >= 0.3 is 0 Å². The fraction of sp³-hybridized carbons (Fsp3) is 0.367. The number of unbranched alkanes of at least 4 members (excludes halogenated alkanes) is 2. The molecule has 1 aromatic heterocycles. The van der Waals surface area contributed by atoms with E-state index in [0.29, 0.717) is 6.61 Å². The Morgan fingerprint density at radius 1 is 0.771 bits per heavy atom. The number of hydrogen-bond donors (Lipinski definition) is 0. The molecule has 3 aromatic carbocycles. The van der Waals surface area contributed by atoms with Gasteiger partial charge in [-0.15, -0.1) is 0 Å². The maximum absolute atomic E-state index is 5.96. The van der Waals surface area contributed by atoms with Gasteiger partial charge in [-0.2, -0.15) is 0 Å². The molecule has 4 nitrogen and oxygen atoms in total. The molecule has 4 aromatic rings. The molecule has 184 valence electrons. The Morgan fingerprint density at radius 2 is 1.49 bits per heavy atom. The molecule has 0 atom stereocenters. The molecule has 0 amide bonds. The summed E-state index contributed by atoms with van der Waals surface area (Å²) >= 11 is 5.96. The van der Waals surface area contributed by atoms with Crippen molar-refractivity contribution < 1.29 is 9.47 Å². The lowest BCUT2D eigenvalue weighted by Gasteiger charge is -2.10. The minimum atomic E-state index is 0.530. The lowest BCUT2D eigenvalue weighted by Crippen LogP contribution is -2.06. The quantitative estimate of drug-likeness (QED) is 0.178. The minimum Gasteiger partial charge on any atom is -0.494 e. The molecular weight excluding hydrogens is 456 g/mol. The fourth-order valence-electron chi connectivity index (χ4n) is 4.09. The summed E-state index contributed by atoms with van der Waals surface area (Å²) in [6.07, 6.45) is 6.34. The first-order valence-corrected chi connectivity index (χ1v) is 13.1. The summed E-state index contributed by atoms with van der Waals surface area (Å²) in [4.78, 5) is 4.98. The van der Waals surface area contributed by atoms with Crippen molar-refractivity contribution in [3.8, 4) is 11.5 Å². The van der Waals surface area contributed by atoms with Crippen molar-refractivity contribution in [1.29, 1.82) is 0 Å². The highest BCUT2D eigenvalue weighted by atomic mass is 35.5. The number of aromatic nitrogens is 2. The molecule has 0 aliphatic carbocycles. The van der Waals surface area contributed by atoms with Gasteiger partial charge in [0.25, 0.3) is 0 Å². The molecular formula is C30H35ClN2O2. The van der Waals surface area contributed by atoms with Crippen LogP contribution < -0.4 is 9.47 Å². The van der Waals surface area contributed by atoms with Gasteiger partial charge in [-0.1, -0.05) is 62.6 Å². The molecule has 1 heterocycles. The van der Waals surface area contributed by atoms with Gasteiger partial charge in [-0.3, -0.25) is 0 Å². The SMILES string of the molecule is CCCCOc1ccc2nc(CCc3ccc(OCc4ccc(Cl)cc4)cc3)n(CCCC)c2c1. The molecule has 0 spiro atoms. The van der Waals surface area contributed by atoms with E-state index in [4.69, 9.17) is 26.1 Å². The number of hydrogen-bond acceptors (Lipinski definition) is 3. The molecule has 0 aliphatic rings. The van der Waals surface area contributed by atoms with Crippen LogP contribution in [0.25, 0.3) is 11.0 Å². The van der Waals surface area contributed by atoms with Crippen molar-refractivity contribution >= 4 is 22.6 Å². The summed E-state index contributed by atoms with van der Waals surface area (Å²) in [7, 11) is 0. The van der Waals surface area contributed by atoms with Crippen molar-refractivity contribution in [3.63, 3.8) is 0 Å². The Kier molecular flexibility index (Phi) is 9.08. The van der Waals surface area contributed by atoms with Gasteiger partial charge in [0.1, 0.15) is 23.9 Å². The van der Waals surface area contributed by atoms with Gasteiger partial charge in [0.15, 0.2) is 0 Å². The van der Waals surface area contributed by atoms with Crippen molar-refractivity contribution in [1.82, 2.24) is 9.55 Å². The first-order valence-electron chi connectivity index (χ1n) is 12.7. The van der Waals surface area contributed by atoms with Crippen LogP contribution in [0.2, 0.25) is 5.02 Å². The monoisotopic (exact) mass is 490 g/mol. The fourth-order valence-corrected chi connectivity index (χ4v) is 4.21. The second kappa shape index (κ2) is 12.6. The third-order valence-corrected chi connectivity index (χ3v) is 6.43. The van der Waals surface area contributed by atoms with E-state index >= 15 is 0 Å². The number of rotatable bonds is 13. The average Bonchev–Trinajstić information content (AvgIpc) is 3.23. The molecule has 0 radical (unpaired) electrons. The normalized spacial score (nSPS) is 11.2. The predicted octanol–water partition coefficient (Wildman–Crippen LogP) is 8.03. The summed E-state index contributed by atoms with van der Waals surface area (Å²) in [5, 5.41) is 0.738. The second-order valence-electron chi connectivity index (χ2n) is 8.94. The highest BCUT2D eigenvalue weighted by Crippen LogP contribution is 2.24. The van der Waals surface area contributed by atoms with Crippen molar-refractivity contribution in [3.05, 3.63) is 88.7 Å². The number of halogens is 1. The predicted molar refractivity (Wildman–Crippen MR) is 145 cm³/mol. The Balaban J connectivity index is 1.41. The van der Waals surface area contributed by atoms with E-state index in [1.165, 1.54) is 11.1 Å². The van der Waals surface area contributed by atoms with E-state index in [1.54, 1.807) is 0 Å². The van der Waals surface area contributed by atoms with Crippen LogP contribution in [0.3, 0.4) is 0 Å². The van der Waals surface area contributed by atoms with Gasteiger partial charge in [-0.05, 0) is 66.8 Å². The van der Waals surface area contributed by atoms with Crippen LogP contribution in [0.5, 0.6) is 11.5 Å². The maximum atomic E-state index is 5.96. The lowest BCUT2D eigenvalue weighted by atomic mass is 10.1. The van der Waals surface area contributed by atoms with Crippen LogP contribution in [0.1, 0.15) is 56.5 Å². The molecule has 35 heavy (non-hydrogen) atoms. The van der Waals surface area contributed by atoms with Crippen LogP contribution in [0, 0.1) is 0 Å². The Labute approximate surface area is 213 Å². The van der Waals surface area contributed by atoms with Gasteiger partial charge in [0, 0.05) is 24.1 Å². The number of nitrogens with zero attached hydrogens (tertiary/aromatic N) is 2. The summed E-state index contributed by atoms with van der Waals surface area (Å²) in [5.74, 6) is 2.95. The first kappa shape index (κ1) is 25.1. The van der Waals surface area contributed by atoms with Gasteiger partial charge < -0.3 is 14.0 Å². The molecule has 0 N–H and O–H groups in total. The molecule has 0 saturated carbocycles. The molecule has 0 unspecified atom stereocenters. The molecule has 0 bridgehead atoms. The van der Waals surface area contributed by atoms with Crippen LogP contribution in [0.15, 0.2) is 66.7 Å². The van der Waals surface area contributed by atoms with Gasteiger partial charge in [0.2, 0.25) is 0 Å². The van der Waals surface area contributed by atoms with Gasteiger partial charge in [0.05, 0.1) is 17.6 Å². The highest BCUT2D eigenvalue weighted by Gasteiger charge is 2.12. The first-order chi connectivity index (χ1) is 17.2. The van der Waals surface area contributed by atoms with E-state index in [9.17, 15) is 0 Å². The zero-order valence-corrected chi connectivity index (χ0v) is 21.6. The largest absolute Gasteiger partial charge is 0.494 e. The average molecular weight is 491 g/mol. The third-order valence-electron chi connectivity index (χ3n) is 6.18. The van der Waals surface area contributed by atoms with Crippen LogP contribution >= 0.6 is 11.6 Å². The summed E-state index contributed by atoms with van der Waals surface area (Å²) < 4.78 is 14.3. The van der Waals surface area contributed by atoms with Crippen molar-refractivity contribution in [2.24, 2.45) is 0 Å². The summed E-state index contributed by atoms with van der Waals surface area (Å²) in [6.45, 7) is 6.69. The number of benzene rings is 3. The summed E-state index contributed by atoms with van der Waals surface area (Å²) in [5.41, 5.74) is 4.60. The topological polar surface area (TPSA) is 36.3 Å². The number of imidazole rings is 1. The smallest absolute Gasteiger partial charge is 0.121 e. The highest BCUT2D eigenvalue weighted by molar-refractivity contribution is 6.30. The Morgan fingerprint density at radius 3 is 2.23 bits per heavy atom. The van der Waals surface area contributed by atoms with Crippen LogP contribution in [-0.2, 0) is 26.0 Å². The van der Waals surface area contributed by atoms with Crippen LogP contribution in [0.4, 0.5) is 0 Å². The molecule has 4 rings (SSSR count). The zero-order valence-electron chi connectivity index (χ0n) is 20.8. The Bertz CT molecular complexity index is 1200. The number of fused-ring (bicyclic) bond motifs is 1. The van der Waals surface area contributed by atoms with Crippen LogP contribution in [-0.4, -0.2) is 16.2 Å². The third kappa shape index (κ3) is 7.02. The zero-order chi connectivity index (χ0) is 24.5. The van der Waals surface area contributed by atoms with Crippen molar-refractivity contribution in [2.75, 3.05) is 6.61 Å². The molecule has 0 fully saturated rings. The van der Waals surface area contributed by atoms with E-state index in [2.05, 4.69) is 42.7 Å². The Hall–Kier alpha value is -2.98. The maximum Gasteiger partial charge on any atom is 0.121 e. The van der Waals surface area contributed by atoms with E-state index in [-0.39, 0.29) is 0 Å². The number of ether oxygens (including phenoxy) is 2. The van der Waals surface area contributed by atoms with E-state index in [0.717, 1.165) is 85.1 Å². The number of aryl methyl sites for hydroxylation is 3. The lowest BCUT2D eigenvalue weighted by molar-refractivity contribution is 0.306. The second-order valence-corrected chi connectivity index (χ2v) is 9.38. The van der Waals surface area contributed by atoms with Crippen molar-refractivity contribution in [2.45, 2.75) is 65.5 Å². The molecule has 0 aliphatic heterocycles.